The summed E-state index contributed by atoms with van der Waals surface area (Å²) in [5.41, 5.74) is 0. The minimum absolute atomic E-state index is 0. The number of rotatable bonds is 5. The van der Waals surface area contributed by atoms with E-state index in [1.54, 1.807) is 7.05 Å². The first-order chi connectivity index (χ1) is 9.87. The number of aliphatic imine (C=N–C) groups is 1. The van der Waals surface area contributed by atoms with Crippen molar-refractivity contribution in [3.8, 4) is 0 Å². The molecule has 0 radical (unpaired) electrons. The number of sulfonamides is 1. The van der Waals surface area contributed by atoms with Crippen LogP contribution >= 0.6 is 24.0 Å². The Balaban J connectivity index is 0.00000441. The minimum atomic E-state index is -3.17. The molecule has 10 heteroatoms. The van der Waals surface area contributed by atoms with Crippen molar-refractivity contribution in [1.29, 1.82) is 0 Å². The Bertz CT molecular complexity index is 476. The smallest absolute Gasteiger partial charge is 0.308 e. The summed E-state index contributed by atoms with van der Waals surface area (Å²) in [5.74, 6) is 0.514. The molecule has 1 fully saturated rings. The van der Waals surface area contributed by atoms with Crippen LogP contribution in [-0.4, -0.2) is 71.8 Å². The Labute approximate surface area is 149 Å². The SMILES string of the molecule is CN=C(NCCNS(C)(=O)=O)N1CCC(C(=O)OC)CC1.I. The second-order valence-corrected chi connectivity index (χ2v) is 6.76. The lowest BCUT2D eigenvalue weighted by molar-refractivity contribution is -0.146. The van der Waals surface area contributed by atoms with Crippen LogP contribution in [0.15, 0.2) is 4.99 Å². The third kappa shape index (κ3) is 7.58. The number of piperidine rings is 1. The van der Waals surface area contributed by atoms with Crippen molar-refractivity contribution in [2.24, 2.45) is 10.9 Å². The van der Waals surface area contributed by atoms with Crippen molar-refractivity contribution >= 4 is 45.9 Å². The van der Waals surface area contributed by atoms with E-state index in [0.717, 1.165) is 32.2 Å². The first kappa shape index (κ1) is 21.4. The van der Waals surface area contributed by atoms with Crippen molar-refractivity contribution < 1.29 is 17.9 Å². The molecule has 0 bridgehead atoms. The monoisotopic (exact) mass is 448 g/mol. The van der Waals surface area contributed by atoms with Crippen molar-refractivity contribution in [2.45, 2.75) is 12.8 Å². The van der Waals surface area contributed by atoms with Gasteiger partial charge in [0.15, 0.2) is 5.96 Å². The number of nitrogens with one attached hydrogen (secondary N) is 2. The van der Waals surface area contributed by atoms with E-state index in [1.807, 2.05) is 0 Å². The number of methoxy groups -OCH3 is 1. The van der Waals surface area contributed by atoms with E-state index in [0.29, 0.717) is 19.0 Å². The van der Waals surface area contributed by atoms with Crippen molar-refractivity contribution in [3.63, 3.8) is 0 Å². The van der Waals surface area contributed by atoms with Gasteiger partial charge in [-0.2, -0.15) is 0 Å². The van der Waals surface area contributed by atoms with Crippen LogP contribution in [0.25, 0.3) is 0 Å². The molecular weight excluding hydrogens is 423 g/mol. The van der Waals surface area contributed by atoms with E-state index in [9.17, 15) is 13.2 Å². The van der Waals surface area contributed by atoms with Gasteiger partial charge < -0.3 is 15.0 Å². The van der Waals surface area contributed by atoms with Crippen LogP contribution in [0.4, 0.5) is 0 Å². The van der Waals surface area contributed by atoms with Crippen LogP contribution < -0.4 is 10.0 Å². The van der Waals surface area contributed by atoms with E-state index in [4.69, 9.17) is 4.74 Å². The quantitative estimate of drug-likeness (QED) is 0.196. The summed E-state index contributed by atoms with van der Waals surface area (Å²) in [6, 6.07) is 0. The third-order valence-corrected chi connectivity index (χ3v) is 4.04. The van der Waals surface area contributed by atoms with E-state index >= 15 is 0 Å². The molecule has 1 saturated heterocycles. The maximum Gasteiger partial charge on any atom is 0.308 e. The fraction of sp³-hybridized carbons (Fsp3) is 0.833. The van der Waals surface area contributed by atoms with Gasteiger partial charge in [0.25, 0.3) is 0 Å². The number of hydrogen-bond acceptors (Lipinski definition) is 5. The van der Waals surface area contributed by atoms with Crippen molar-refractivity contribution in [2.75, 3.05) is 46.6 Å². The molecule has 0 aliphatic carbocycles. The maximum atomic E-state index is 11.5. The lowest BCUT2D eigenvalue weighted by Gasteiger charge is -2.33. The van der Waals surface area contributed by atoms with Gasteiger partial charge in [-0.25, -0.2) is 13.1 Å². The highest BCUT2D eigenvalue weighted by atomic mass is 127. The Morgan fingerprint density at radius 1 is 1.32 bits per heavy atom. The van der Waals surface area contributed by atoms with Gasteiger partial charge in [0.05, 0.1) is 19.3 Å². The first-order valence-corrected chi connectivity index (χ1v) is 8.74. The predicted octanol–water partition coefficient (Wildman–Crippen LogP) is -0.386. The highest BCUT2D eigenvalue weighted by molar-refractivity contribution is 14.0. The third-order valence-electron chi connectivity index (χ3n) is 3.31. The van der Waals surface area contributed by atoms with Crippen LogP contribution in [-0.2, 0) is 19.6 Å². The van der Waals surface area contributed by atoms with Crippen molar-refractivity contribution in [1.82, 2.24) is 14.9 Å². The summed E-state index contributed by atoms with van der Waals surface area (Å²) in [6.45, 7) is 2.20. The van der Waals surface area contributed by atoms with Gasteiger partial charge in [-0.05, 0) is 12.8 Å². The Morgan fingerprint density at radius 2 is 1.91 bits per heavy atom. The first-order valence-electron chi connectivity index (χ1n) is 6.85. The van der Waals surface area contributed by atoms with Crippen molar-refractivity contribution in [3.05, 3.63) is 0 Å². The molecule has 130 valence electrons. The molecule has 22 heavy (non-hydrogen) atoms. The van der Waals surface area contributed by atoms with E-state index in [1.165, 1.54) is 7.11 Å². The second-order valence-electron chi connectivity index (χ2n) is 4.92. The average Bonchev–Trinajstić information content (AvgIpc) is 2.46. The molecule has 1 heterocycles. The minimum Gasteiger partial charge on any atom is -0.469 e. The highest BCUT2D eigenvalue weighted by Gasteiger charge is 2.26. The summed E-state index contributed by atoms with van der Waals surface area (Å²) < 4.78 is 29.1. The summed E-state index contributed by atoms with van der Waals surface area (Å²) in [7, 11) is -0.0822. The number of esters is 1. The largest absolute Gasteiger partial charge is 0.469 e. The Hall–Kier alpha value is -0.620. The zero-order chi connectivity index (χ0) is 15.9. The fourth-order valence-corrected chi connectivity index (χ4v) is 2.71. The fourth-order valence-electron chi connectivity index (χ4n) is 2.24. The van der Waals surface area contributed by atoms with Crippen LogP contribution in [0, 0.1) is 5.92 Å². The predicted molar refractivity (Wildman–Crippen MR) is 95.9 cm³/mol. The zero-order valence-corrected chi connectivity index (χ0v) is 16.3. The molecule has 0 amide bonds. The number of hydrogen-bond donors (Lipinski definition) is 2. The molecule has 0 aromatic heterocycles. The van der Waals surface area contributed by atoms with Crippen LogP contribution in [0.5, 0.6) is 0 Å². The molecular formula is C12H25IN4O4S. The number of likely N-dealkylation sites (tertiary alicyclic amines) is 1. The zero-order valence-electron chi connectivity index (χ0n) is 13.2. The van der Waals surface area contributed by atoms with E-state index in [-0.39, 0.29) is 35.9 Å². The highest BCUT2D eigenvalue weighted by Crippen LogP contribution is 2.18. The Kier molecular flexibility index (Phi) is 9.92. The lowest BCUT2D eigenvalue weighted by atomic mass is 9.97. The number of ether oxygens (including phenoxy) is 1. The van der Waals surface area contributed by atoms with Gasteiger partial charge in [-0.1, -0.05) is 0 Å². The summed E-state index contributed by atoms with van der Waals surface area (Å²) in [6.07, 6.45) is 2.59. The van der Waals surface area contributed by atoms with Gasteiger partial charge in [-0.3, -0.25) is 9.79 Å². The van der Waals surface area contributed by atoms with Gasteiger partial charge in [0.2, 0.25) is 10.0 Å². The molecule has 0 aromatic carbocycles. The van der Waals surface area contributed by atoms with E-state index < -0.39 is 10.0 Å². The number of carbonyl (C=O) groups excluding carboxylic acids is 1. The molecule has 0 saturated carbocycles. The van der Waals surface area contributed by atoms with Gasteiger partial charge in [0, 0.05) is 33.2 Å². The van der Waals surface area contributed by atoms with Crippen LogP contribution in [0.2, 0.25) is 0 Å². The molecule has 0 aromatic rings. The van der Waals surface area contributed by atoms with Crippen LogP contribution in [0.1, 0.15) is 12.8 Å². The maximum absolute atomic E-state index is 11.5. The molecule has 1 aliphatic rings. The number of halogens is 1. The second kappa shape index (κ2) is 10.2. The lowest BCUT2D eigenvalue weighted by Crippen LogP contribution is -2.48. The van der Waals surface area contributed by atoms with Gasteiger partial charge >= 0.3 is 5.97 Å². The molecule has 2 N–H and O–H groups in total. The molecule has 0 unspecified atom stereocenters. The number of nitrogens with zero attached hydrogens (tertiary/aromatic N) is 2. The number of guanidine groups is 1. The molecule has 0 atom stereocenters. The molecule has 8 nitrogen and oxygen atoms in total. The summed E-state index contributed by atoms with van der Waals surface area (Å²) in [5, 5.41) is 3.10. The molecule has 1 rings (SSSR count). The summed E-state index contributed by atoms with van der Waals surface area (Å²) >= 11 is 0. The van der Waals surface area contributed by atoms with Crippen LogP contribution in [0.3, 0.4) is 0 Å². The topological polar surface area (TPSA) is 100 Å². The number of carbonyl (C=O) groups is 1. The Morgan fingerprint density at radius 3 is 2.36 bits per heavy atom. The normalized spacial score (nSPS) is 16.9. The average molecular weight is 448 g/mol. The summed E-state index contributed by atoms with van der Waals surface area (Å²) in [4.78, 5) is 17.7. The molecule has 0 spiro atoms. The standard InChI is InChI=1S/C12H24N4O4S.HI/c1-13-12(14-6-7-15-21(3,18)19)16-8-4-10(5-9-16)11(17)20-2;/h10,15H,4-9H2,1-3H3,(H,13,14);1H. The molecule has 1 aliphatic heterocycles. The van der Waals surface area contributed by atoms with Gasteiger partial charge in [0.1, 0.15) is 0 Å². The van der Waals surface area contributed by atoms with E-state index in [2.05, 4.69) is 19.9 Å². The van der Waals surface area contributed by atoms with Gasteiger partial charge in [-0.15, -0.1) is 24.0 Å².